The number of para-hydroxylation sites is 2. The zero-order chi connectivity index (χ0) is 28.8. The summed E-state index contributed by atoms with van der Waals surface area (Å²) in [5, 5.41) is 2.84. The molecule has 8 nitrogen and oxygen atoms in total. The molecule has 0 saturated carbocycles. The van der Waals surface area contributed by atoms with Crippen LogP contribution in [-0.4, -0.2) is 43.7 Å². The lowest BCUT2D eigenvalue weighted by Crippen LogP contribution is -2.52. The number of nitrogens with one attached hydrogen (secondary N) is 1. The quantitative estimate of drug-likeness (QED) is 0.325. The van der Waals surface area contributed by atoms with Crippen LogP contribution >= 0.6 is 0 Å². The first-order valence-corrected chi connectivity index (χ1v) is 14.4. The smallest absolute Gasteiger partial charge is 0.263 e. The van der Waals surface area contributed by atoms with E-state index in [9.17, 15) is 22.4 Å². The molecule has 1 N–H and O–H groups in total. The van der Waals surface area contributed by atoms with Crippen molar-refractivity contribution in [1.29, 1.82) is 0 Å². The maximum absolute atomic E-state index is 13.8. The highest BCUT2D eigenvalue weighted by Crippen LogP contribution is 2.33. The number of carbonyl (C=O) groups is 2. The van der Waals surface area contributed by atoms with E-state index in [0.717, 1.165) is 9.87 Å². The van der Waals surface area contributed by atoms with Crippen LogP contribution in [0.2, 0.25) is 0 Å². The molecule has 41 heavy (non-hydrogen) atoms. The number of ether oxygens (including phenoxy) is 1. The first-order chi connectivity index (χ1) is 19.8. The van der Waals surface area contributed by atoms with Gasteiger partial charge in [0.2, 0.25) is 15.9 Å². The lowest BCUT2D eigenvalue weighted by Gasteiger charge is -2.35. The van der Waals surface area contributed by atoms with Gasteiger partial charge in [-0.15, -0.1) is 0 Å². The second-order valence-corrected chi connectivity index (χ2v) is 11.4. The Balaban J connectivity index is 1.40. The number of hydrogen-bond acceptors (Lipinski definition) is 5. The monoisotopic (exact) mass is 573 g/mol. The van der Waals surface area contributed by atoms with Gasteiger partial charge in [0.25, 0.3) is 5.91 Å². The maximum Gasteiger partial charge on any atom is 0.263 e. The zero-order valence-corrected chi connectivity index (χ0v) is 22.8. The number of carbonyl (C=O) groups excluding carboxylic acids is 2. The molecular formula is C31H28FN3O5S. The Morgan fingerprint density at radius 2 is 1.49 bits per heavy atom. The first-order valence-electron chi connectivity index (χ1n) is 13.0. The number of anilines is 1. The van der Waals surface area contributed by atoms with Crippen molar-refractivity contribution in [3.63, 3.8) is 0 Å². The average molecular weight is 574 g/mol. The Morgan fingerprint density at radius 3 is 2.20 bits per heavy atom. The molecule has 210 valence electrons. The molecule has 1 atom stereocenters. The Bertz CT molecular complexity index is 1620. The van der Waals surface area contributed by atoms with Crippen molar-refractivity contribution in [2.24, 2.45) is 0 Å². The summed E-state index contributed by atoms with van der Waals surface area (Å²) in [6.07, 6.45) is -1.01. The average Bonchev–Trinajstić information content (AvgIpc) is 3.00. The largest absolute Gasteiger partial charge is 0.477 e. The summed E-state index contributed by atoms with van der Waals surface area (Å²) in [6.45, 7) is -0.486. The number of nitrogens with zero attached hydrogens (tertiary/aromatic N) is 2. The van der Waals surface area contributed by atoms with E-state index >= 15 is 0 Å². The van der Waals surface area contributed by atoms with E-state index in [1.807, 2.05) is 30.3 Å². The van der Waals surface area contributed by atoms with Gasteiger partial charge in [0.1, 0.15) is 11.6 Å². The van der Waals surface area contributed by atoms with Gasteiger partial charge in [-0.3, -0.25) is 9.59 Å². The fraction of sp³-hybridized carbons (Fsp3) is 0.161. The third kappa shape index (κ3) is 6.62. The van der Waals surface area contributed by atoms with E-state index in [4.69, 9.17) is 4.74 Å². The molecular weight excluding hydrogens is 545 g/mol. The van der Waals surface area contributed by atoms with Crippen LogP contribution in [0.15, 0.2) is 114 Å². The fourth-order valence-electron chi connectivity index (χ4n) is 4.50. The predicted octanol–water partition coefficient (Wildman–Crippen LogP) is 4.13. The third-order valence-electron chi connectivity index (χ3n) is 6.64. The lowest BCUT2D eigenvalue weighted by atomic mass is 10.1. The van der Waals surface area contributed by atoms with Crippen LogP contribution in [0, 0.1) is 5.82 Å². The predicted molar refractivity (Wildman–Crippen MR) is 152 cm³/mol. The minimum atomic E-state index is -4.11. The van der Waals surface area contributed by atoms with Crippen LogP contribution in [0.4, 0.5) is 10.1 Å². The Kier molecular flexibility index (Phi) is 8.42. The minimum Gasteiger partial charge on any atom is -0.477 e. The molecule has 0 radical (unpaired) electrons. The van der Waals surface area contributed by atoms with Crippen LogP contribution in [0.1, 0.15) is 11.1 Å². The number of benzene rings is 4. The summed E-state index contributed by atoms with van der Waals surface area (Å²) in [6, 6.07) is 29.4. The van der Waals surface area contributed by atoms with Crippen molar-refractivity contribution in [3.05, 3.63) is 126 Å². The summed E-state index contributed by atoms with van der Waals surface area (Å²) < 4.78 is 47.8. The fourth-order valence-corrected chi connectivity index (χ4v) is 5.90. The number of hydrogen-bond donors (Lipinski definition) is 1. The number of sulfonamides is 1. The van der Waals surface area contributed by atoms with Gasteiger partial charge < -0.3 is 15.0 Å². The van der Waals surface area contributed by atoms with Crippen molar-refractivity contribution in [1.82, 2.24) is 9.62 Å². The molecule has 0 saturated heterocycles. The molecule has 0 bridgehead atoms. The van der Waals surface area contributed by atoms with Gasteiger partial charge in [0.05, 0.1) is 23.7 Å². The maximum atomic E-state index is 13.8. The highest BCUT2D eigenvalue weighted by atomic mass is 32.2. The van der Waals surface area contributed by atoms with Crippen molar-refractivity contribution >= 4 is 27.5 Å². The molecule has 4 aromatic rings. The Labute approximate surface area is 238 Å². The van der Waals surface area contributed by atoms with Crippen molar-refractivity contribution in [2.75, 3.05) is 18.0 Å². The van der Waals surface area contributed by atoms with Gasteiger partial charge in [-0.2, -0.15) is 4.31 Å². The van der Waals surface area contributed by atoms with Gasteiger partial charge in [0, 0.05) is 13.1 Å². The molecule has 2 amide bonds. The molecule has 0 unspecified atom stereocenters. The van der Waals surface area contributed by atoms with Crippen molar-refractivity contribution in [3.8, 4) is 5.75 Å². The van der Waals surface area contributed by atoms with Gasteiger partial charge >= 0.3 is 0 Å². The molecule has 1 aliphatic rings. The van der Waals surface area contributed by atoms with Gasteiger partial charge in [-0.05, 0) is 47.5 Å². The lowest BCUT2D eigenvalue weighted by molar-refractivity contribution is -0.128. The van der Waals surface area contributed by atoms with E-state index in [1.165, 1.54) is 41.3 Å². The van der Waals surface area contributed by atoms with E-state index in [2.05, 4.69) is 5.32 Å². The second kappa shape index (κ2) is 12.3. The summed E-state index contributed by atoms with van der Waals surface area (Å²) in [4.78, 5) is 28.3. The second-order valence-electron chi connectivity index (χ2n) is 9.49. The van der Waals surface area contributed by atoms with Crippen LogP contribution < -0.4 is 15.0 Å². The van der Waals surface area contributed by atoms with Gasteiger partial charge in [0.15, 0.2) is 6.10 Å². The topological polar surface area (TPSA) is 96.0 Å². The third-order valence-corrected chi connectivity index (χ3v) is 8.45. The SMILES string of the molecule is O=C(NCc1ccccc1)[C@H]1CN(C(=O)CN(Cc2ccc(F)cc2)S(=O)(=O)c2ccccc2)c2ccccc2O1. The van der Waals surface area contributed by atoms with Crippen molar-refractivity contribution < 1.29 is 27.1 Å². The molecule has 0 spiro atoms. The van der Waals surface area contributed by atoms with Crippen LogP contribution in [0.3, 0.4) is 0 Å². The molecule has 0 fully saturated rings. The van der Waals surface area contributed by atoms with E-state index in [1.54, 1.807) is 42.5 Å². The number of fused-ring (bicyclic) bond motifs is 1. The van der Waals surface area contributed by atoms with Gasteiger partial charge in [-0.25, -0.2) is 12.8 Å². The van der Waals surface area contributed by atoms with E-state index < -0.39 is 40.3 Å². The van der Waals surface area contributed by atoms with Gasteiger partial charge in [-0.1, -0.05) is 72.8 Å². The number of rotatable bonds is 9. The zero-order valence-electron chi connectivity index (χ0n) is 22.0. The van der Waals surface area contributed by atoms with Crippen LogP contribution in [-0.2, 0) is 32.7 Å². The summed E-state index contributed by atoms with van der Waals surface area (Å²) >= 11 is 0. The Hall–Kier alpha value is -4.54. The standard InChI is InChI=1S/C31H28FN3O5S/c32-25-17-15-24(16-18-25)20-34(41(38,39)26-11-5-2-6-12-26)22-30(36)35-21-29(40-28-14-8-7-13-27(28)35)31(37)33-19-23-9-3-1-4-10-23/h1-18,29H,19-22H2,(H,33,37)/t29-/m1/s1. The summed E-state index contributed by atoms with van der Waals surface area (Å²) in [5.41, 5.74) is 1.86. The van der Waals surface area contributed by atoms with E-state index in [0.29, 0.717) is 17.0 Å². The van der Waals surface area contributed by atoms with E-state index in [-0.39, 0.29) is 24.5 Å². The summed E-state index contributed by atoms with van der Waals surface area (Å²) in [5.74, 6) is -1.06. The summed E-state index contributed by atoms with van der Waals surface area (Å²) in [7, 11) is -4.11. The van der Waals surface area contributed by atoms with Crippen LogP contribution in [0.25, 0.3) is 0 Å². The minimum absolute atomic E-state index is 0.0236. The van der Waals surface area contributed by atoms with Crippen LogP contribution in [0.5, 0.6) is 5.75 Å². The highest BCUT2D eigenvalue weighted by molar-refractivity contribution is 7.89. The number of amides is 2. The molecule has 10 heteroatoms. The number of halogens is 1. The Morgan fingerprint density at radius 1 is 0.854 bits per heavy atom. The molecule has 1 aliphatic heterocycles. The normalized spacial score (nSPS) is 14.7. The highest BCUT2D eigenvalue weighted by Gasteiger charge is 2.36. The molecule has 4 aromatic carbocycles. The molecule has 5 rings (SSSR count). The first kappa shape index (κ1) is 28.0. The molecule has 0 aromatic heterocycles. The molecule has 0 aliphatic carbocycles. The molecule has 1 heterocycles. The van der Waals surface area contributed by atoms with Crippen molar-refractivity contribution in [2.45, 2.75) is 24.1 Å².